The predicted octanol–water partition coefficient (Wildman–Crippen LogP) is -1.10. The summed E-state index contributed by atoms with van der Waals surface area (Å²) < 4.78 is 8.88. The van der Waals surface area contributed by atoms with Crippen molar-refractivity contribution in [3.05, 3.63) is 0 Å². The molecule has 16 nitrogen and oxygen atoms in total. The second-order valence-corrected chi connectivity index (χ2v) is 4.98. The Balaban J connectivity index is -0.000000333. The average Bonchev–Trinajstić information content (AvgIpc) is 2.30. The van der Waals surface area contributed by atoms with Crippen LogP contribution in [-0.2, 0) is 43.1 Å². The largest absolute Gasteiger partial charge is 0.466 e. The van der Waals surface area contributed by atoms with Crippen LogP contribution in [0, 0.1) is 0 Å². The smallest absolute Gasteiger partial charge is 0.344 e. The highest BCUT2D eigenvalue weighted by atomic mass is 31.2. The molecule has 0 aromatic rings. The molecule has 0 aliphatic carbocycles. The zero-order chi connectivity index (χ0) is 20.2. The summed E-state index contributed by atoms with van der Waals surface area (Å²) in [5.74, 6) is -2.90. The normalized spacial score (nSPS) is 9.67. The van der Waals surface area contributed by atoms with Crippen LogP contribution in [0.3, 0.4) is 0 Å². The van der Waals surface area contributed by atoms with E-state index in [4.69, 9.17) is 19.2 Å². The van der Waals surface area contributed by atoms with Crippen LogP contribution >= 0.6 is 7.82 Å². The Morgan fingerprint density at radius 1 is 0.667 bits per heavy atom. The quantitative estimate of drug-likeness (QED) is 0.240. The molecule has 0 saturated heterocycles. The molecule has 0 heterocycles. The van der Waals surface area contributed by atoms with Gasteiger partial charge in [-0.1, -0.05) is 0 Å². The summed E-state index contributed by atoms with van der Waals surface area (Å²) in [6.07, 6.45) is 0. The molecule has 0 fully saturated rings. The Kier molecular flexibility index (Phi) is 19.3. The highest BCUT2D eigenvalue weighted by Crippen LogP contribution is 2.25. The van der Waals surface area contributed by atoms with Crippen molar-refractivity contribution >= 4 is 31.7 Å². The van der Waals surface area contributed by atoms with Gasteiger partial charge in [-0.2, -0.15) is 0 Å². The minimum absolute atomic E-state index is 0. The van der Waals surface area contributed by atoms with Gasteiger partial charge in [0.15, 0.2) is 0 Å². The van der Waals surface area contributed by atoms with E-state index in [9.17, 15) is 19.2 Å². The Hall–Kier alpha value is -2.17. The number of hydrogen-bond acceptors (Lipinski definition) is 13. The minimum Gasteiger partial charge on any atom is -0.344 e. The van der Waals surface area contributed by atoms with Gasteiger partial charge in [0.2, 0.25) is 0 Å². The monoisotopic (exact) mass is 424 g/mol. The predicted molar refractivity (Wildman–Crippen MR) is 84.8 cm³/mol. The van der Waals surface area contributed by atoms with Crippen LogP contribution < -0.4 is 12.3 Å². The third kappa shape index (κ3) is 32.0. The number of hydrogen-bond donors (Lipinski definition) is 5. The summed E-state index contributed by atoms with van der Waals surface area (Å²) in [4.78, 5) is 83.0. The van der Waals surface area contributed by atoms with Crippen LogP contribution in [0.1, 0.15) is 27.7 Å². The van der Waals surface area contributed by atoms with Crippen molar-refractivity contribution in [2.24, 2.45) is 0 Å². The summed E-state index contributed by atoms with van der Waals surface area (Å²) >= 11 is 0. The molecule has 17 heteroatoms. The van der Waals surface area contributed by atoms with E-state index in [1.54, 1.807) is 0 Å². The molecule has 0 radical (unpaired) electrons. The highest BCUT2D eigenvalue weighted by molar-refractivity contribution is 7.45. The molecule has 0 saturated carbocycles. The second-order valence-electron chi connectivity index (χ2n) is 3.96. The van der Waals surface area contributed by atoms with E-state index in [-0.39, 0.29) is 25.4 Å². The lowest BCUT2D eigenvalue weighted by Crippen LogP contribution is -2.38. The maximum Gasteiger partial charge on any atom is 0.466 e. The van der Waals surface area contributed by atoms with Gasteiger partial charge in [-0.3, -0.25) is 19.2 Å². The summed E-state index contributed by atoms with van der Waals surface area (Å²) in [7, 11) is -4.64. The third-order valence-corrected chi connectivity index (χ3v) is 1.39. The fraction of sp³-hybridized carbons (Fsp3) is 0.600. The second kappa shape index (κ2) is 16.0. The van der Waals surface area contributed by atoms with Crippen molar-refractivity contribution in [2.75, 3.05) is 13.1 Å². The Morgan fingerprint density at radius 2 is 0.815 bits per heavy atom. The van der Waals surface area contributed by atoms with Crippen molar-refractivity contribution < 1.29 is 57.8 Å². The van der Waals surface area contributed by atoms with Crippen LogP contribution in [0.5, 0.6) is 0 Å². The number of hydroxylamine groups is 4. The molecule has 0 aromatic carbocycles. The van der Waals surface area contributed by atoms with Gasteiger partial charge >= 0.3 is 31.7 Å². The van der Waals surface area contributed by atoms with E-state index < -0.39 is 31.7 Å². The number of phosphoric acid groups is 1. The van der Waals surface area contributed by atoms with Crippen molar-refractivity contribution in [2.45, 2.75) is 27.7 Å². The van der Waals surface area contributed by atoms with Crippen LogP contribution in [0.25, 0.3) is 0 Å². The van der Waals surface area contributed by atoms with Gasteiger partial charge in [-0.15, -0.1) is 0 Å². The third-order valence-electron chi connectivity index (χ3n) is 1.39. The molecule has 0 aliphatic heterocycles. The number of nitrogens with zero attached hydrogens (tertiary/aromatic N) is 2. The number of carbonyl (C=O) groups excluding carboxylic acids is 4. The van der Waals surface area contributed by atoms with E-state index in [1.165, 1.54) is 0 Å². The molecular formula is C10H25N4O12P. The van der Waals surface area contributed by atoms with E-state index in [1.807, 2.05) is 0 Å². The number of carbonyl (C=O) groups is 4. The van der Waals surface area contributed by atoms with E-state index in [0.29, 0.717) is 10.5 Å². The minimum atomic E-state index is -4.64. The zero-order valence-corrected chi connectivity index (χ0v) is 16.1. The van der Waals surface area contributed by atoms with Crippen molar-refractivity contribution in [3.63, 3.8) is 0 Å². The molecule has 162 valence electrons. The SMILES string of the molecule is CC(=O)ON(CCN(OC(C)=O)OC(C)=O)OC(C)=O.N.N.O=P(O)(O)O. The van der Waals surface area contributed by atoms with E-state index in [2.05, 4.69) is 19.4 Å². The maximum atomic E-state index is 10.8. The first kappa shape index (κ1) is 32.5. The molecule has 0 spiro atoms. The lowest BCUT2D eigenvalue weighted by Gasteiger charge is -2.22. The van der Waals surface area contributed by atoms with Crippen molar-refractivity contribution in [1.29, 1.82) is 0 Å². The van der Waals surface area contributed by atoms with Crippen LogP contribution in [-0.4, -0.2) is 62.1 Å². The van der Waals surface area contributed by atoms with Crippen molar-refractivity contribution in [1.82, 2.24) is 22.8 Å². The van der Waals surface area contributed by atoms with Gasteiger partial charge in [0.25, 0.3) is 0 Å². The Bertz CT molecular complexity index is 448. The van der Waals surface area contributed by atoms with E-state index in [0.717, 1.165) is 27.7 Å². The lowest BCUT2D eigenvalue weighted by atomic mass is 10.7. The molecule has 0 amide bonds. The molecule has 0 aromatic heterocycles. The fourth-order valence-electron chi connectivity index (χ4n) is 0.957. The first-order valence-corrected chi connectivity index (χ1v) is 7.84. The van der Waals surface area contributed by atoms with Gasteiger partial charge in [0, 0.05) is 38.1 Å². The molecule has 0 atom stereocenters. The zero-order valence-electron chi connectivity index (χ0n) is 15.2. The Morgan fingerprint density at radius 3 is 0.926 bits per heavy atom. The molecule has 0 unspecified atom stereocenters. The summed E-state index contributed by atoms with van der Waals surface area (Å²) in [5.41, 5.74) is 0. The van der Waals surface area contributed by atoms with Crippen LogP contribution in [0.15, 0.2) is 0 Å². The molecule has 27 heavy (non-hydrogen) atoms. The van der Waals surface area contributed by atoms with Gasteiger partial charge in [-0.05, 0) is 0 Å². The van der Waals surface area contributed by atoms with Crippen molar-refractivity contribution in [3.8, 4) is 0 Å². The first-order valence-electron chi connectivity index (χ1n) is 6.28. The maximum absolute atomic E-state index is 10.8. The molecule has 9 N–H and O–H groups in total. The van der Waals surface area contributed by atoms with Crippen LogP contribution in [0.2, 0.25) is 0 Å². The molecular weight excluding hydrogens is 399 g/mol. The molecule has 0 bridgehead atoms. The van der Waals surface area contributed by atoms with Gasteiger partial charge in [0.1, 0.15) is 0 Å². The molecule has 0 rings (SSSR count). The summed E-state index contributed by atoms with van der Waals surface area (Å²) in [6.45, 7) is 3.97. The van der Waals surface area contributed by atoms with Gasteiger partial charge in [-0.25, -0.2) is 4.57 Å². The van der Waals surface area contributed by atoms with Gasteiger partial charge < -0.3 is 46.3 Å². The topological polar surface area (TPSA) is 259 Å². The Labute approximate surface area is 154 Å². The van der Waals surface area contributed by atoms with Crippen LogP contribution in [0.4, 0.5) is 0 Å². The first-order chi connectivity index (χ1) is 11.2. The fourth-order valence-corrected chi connectivity index (χ4v) is 0.957. The number of rotatable bonds is 7. The molecule has 0 aliphatic rings. The standard InChI is InChI=1S/C10H16N2O8.2H3N.H3O4P/c1-7(13)17-11(18-8(2)14)5-6-12(19-9(3)15)20-10(4)16;;;1-5(2,3)4/h5-6H2,1-4H3;2*1H3;(H3,1,2,3,4). The van der Waals surface area contributed by atoms with E-state index >= 15 is 0 Å². The average molecular weight is 424 g/mol. The highest BCUT2D eigenvalue weighted by Gasteiger charge is 2.19. The summed E-state index contributed by atoms with van der Waals surface area (Å²) in [5, 5.41) is 1.15. The lowest BCUT2D eigenvalue weighted by molar-refractivity contribution is -0.354. The summed E-state index contributed by atoms with van der Waals surface area (Å²) in [6, 6.07) is 0. The van der Waals surface area contributed by atoms with Gasteiger partial charge in [0.05, 0.1) is 13.1 Å².